The number of rotatable bonds is 3. The van der Waals surface area contributed by atoms with Crippen molar-refractivity contribution in [1.82, 2.24) is 15.0 Å². The van der Waals surface area contributed by atoms with Crippen LogP contribution in [-0.2, 0) is 0 Å². The van der Waals surface area contributed by atoms with Crippen molar-refractivity contribution in [1.29, 1.82) is 0 Å². The number of nitrogens with zero attached hydrogens (tertiary/aromatic N) is 4. The van der Waals surface area contributed by atoms with Gasteiger partial charge in [0, 0.05) is 25.0 Å². The molecule has 0 spiro atoms. The van der Waals surface area contributed by atoms with Gasteiger partial charge < -0.3 is 4.90 Å². The van der Waals surface area contributed by atoms with E-state index in [4.69, 9.17) is 4.98 Å². The van der Waals surface area contributed by atoms with E-state index < -0.39 is 0 Å². The molecule has 2 aliphatic rings. The fourth-order valence-corrected chi connectivity index (χ4v) is 4.19. The summed E-state index contributed by atoms with van der Waals surface area (Å²) in [5, 5.41) is 0. The van der Waals surface area contributed by atoms with E-state index in [9.17, 15) is 0 Å². The van der Waals surface area contributed by atoms with E-state index in [-0.39, 0.29) is 0 Å². The summed E-state index contributed by atoms with van der Waals surface area (Å²) in [5.74, 6) is 2.02. The molecule has 4 heteroatoms. The quantitative estimate of drug-likeness (QED) is 0.859. The second-order valence-corrected chi connectivity index (χ2v) is 6.80. The van der Waals surface area contributed by atoms with E-state index in [1.54, 1.807) is 12.4 Å². The zero-order valence-corrected chi connectivity index (χ0v) is 13.1. The van der Waals surface area contributed by atoms with Gasteiger partial charge in [0.25, 0.3) is 0 Å². The van der Waals surface area contributed by atoms with E-state index in [0.29, 0.717) is 6.04 Å². The summed E-state index contributed by atoms with van der Waals surface area (Å²) >= 11 is 0. The van der Waals surface area contributed by atoms with E-state index in [0.717, 1.165) is 29.4 Å². The van der Waals surface area contributed by atoms with Gasteiger partial charge >= 0.3 is 0 Å². The molecule has 2 fully saturated rings. The fourth-order valence-electron chi connectivity index (χ4n) is 4.19. The van der Waals surface area contributed by atoms with Crippen LogP contribution in [0, 0.1) is 5.92 Å². The number of fused-ring (bicyclic) bond motifs is 1. The van der Waals surface area contributed by atoms with E-state index in [1.165, 1.54) is 51.4 Å². The van der Waals surface area contributed by atoms with Gasteiger partial charge in [0.2, 0.25) is 0 Å². The molecule has 0 bridgehead atoms. The third-order valence-electron chi connectivity index (χ3n) is 5.32. The van der Waals surface area contributed by atoms with E-state index in [1.807, 2.05) is 0 Å². The van der Waals surface area contributed by atoms with Crippen LogP contribution in [0.3, 0.4) is 0 Å². The smallest absolute Gasteiger partial charge is 0.180 e. The lowest BCUT2D eigenvalue weighted by Crippen LogP contribution is -2.32. The molecule has 1 unspecified atom stereocenters. The zero-order valence-electron chi connectivity index (χ0n) is 13.1. The molecule has 22 heavy (non-hydrogen) atoms. The Morgan fingerprint density at radius 3 is 2.73 bits per heavy atom. The maximum Gasteiger partial charge on any atom is 0.180 e. The minimum absolute atomic E-state index is 0.671. The van der Waals surface area contributed by atoms with Crippen molar-refractivity contribution < 1.29 is 0 Å². The number of pyridine rings is 1. The van der Waals surface area contributed by atoms with Crippen molar-refractivity contribution in [3.05, 3.63) is 24.5 Å². The maximum absolute atomic E-state index is 4.75. The van der Waals surface area contributed by atoms with Crippen LogP contribution in [0.2, 0.25) is 0 Å². The average Bonchev–Trinajstić information content (AvgIpc) is 3.03. The van der Waals surface area contributed by atoms with Gasteiger partial charge in [0.1, 0.15) is 11.3 Å². The molecular formula is C18H24N4. The highest BCUT2D eigenvalue weighted by Crippen LogP contribution is 2.34. The van der Waals surface area contributed by atoms with Crippen LogP contribution in [0.15, 0.2) is 24.5 Å². The Kier molecular flexibility index (Phi) is 3.92. The van der Waals surface area contributed by atoms with Crippen molar-refractivity contribution >= 4 is 17.0 Å². The summed E-state index contributed by atoms with van der Waals surface area (Å²) in [5.41, 5.74) is 1.65. The second-order valence-electron chi connectivity index (χ2n) is 6.80. The molecule has 1 aliphatic carbocycles. The maximum atomic E-state index is 4.75. The van der Waals surface area contributed by atoms with Crippen molar-refractivity contribution in [2.75, 3.05) is 11.4 Å². The highest BCUT2D eigenvalue weighted by atomic mass is 15.2. The van der Waals surface area contributed by atoms with Crippen LogP contribution < -0.4 is 4.90 Å². The lowest BCUT2D eigenvalue weighted by molar-refractivity contribution is 0.317. The van der Waals surface area contributed by atoms with Gasteiger partial charge in [-0.3, -0.25) is 4.98 Å². The number of hydrogen-bond acceptors (Lipinski definition) is 4. The lowest BCUT2D eigenvalue weighted by atomic mass is 9.84. The van der Waals surface area contributed by atoms with Crippen molar-refractivity contribution in [3.8, 4) is 0 Å². The number of aromatic nitrogens is 3. The Morgan fingerprint density at radius 2 is 1.82 bits per heavy atom. The van der Waals surface area contributed by atoms with Gasteiger partial charge in [-0.05, 0) is 37.3 Å². The molecule has 1 atom stereocenters. The number of hydrogen-bond donors (Lipinski definition) is 0. The Balaban J connectivity index is 1.53. The van der Waals surface area contributed by atoms with Gasteiger partial charge in [0.05, 0.1) is 0 Å². The van der Waals surface area contributed by atoms with Crippen molar-refractivity contribution in [2.45, 2.75) is 57.4 Å². The molecular weight excluding hydrogens is 272 g/mol. The van der Waals surface area contributed by atoms with Crippen LogP contribution in [0.25, 0.3) is 11.2 Å². The Morgan fingerprint density at radius 1 is 0.955 bits per heavy atom. The SMILES string of the molecule is c1cnc2nc(N3CCCC3CC3CCCCC3)ccc2n1. The summed E-state index contributed by atoms with van der Waals surface area (Å²) in [6, 6.07) is 4.85. The average molecular weight is 296 g/mol. The standard InChI is InChI=1S/C18H24N4/c1-2-5-14(6-3-1)13-15-7-4-12-22(15)17-9-8-16-18(21-17)20-11-10-19-16/h8-11,14-15H,1-7,12-13H2. The first-order valence-corrected chi connectivity index (χ1v) is 8.74. The highest BCUT2D eigenvalue weighted by molar-refractivity contribution is 5.71. The minimum atomic E-state index is 0.671. The Bertz CT molecular complexity index is 636. The topological polar surface area (TPSA) is 41.9 Å². The molecule has 0 radical (unpaired) electrons. The third kappa shape index (κ3) is 2.79. The van der Waals surface area contributed by atoms with Gasteiger partial charge in [-0.2, -0.15) is 0 Å². The predicted molar refractivity (Wildman–Crippen MR) is 88.9 cm³/mol. The van der Waals surface area contributed by atoms with Crippen LogP contribution in [-0.4, -0.2) is 27.5 Å². The van der Waals surface area contributed by atoms with E-state index >= 15 is 0 Å². The molecule has 4 nitrogen and oxygen atoms in total. The van der Waals surface area contributed by atoms with Gasteiger partial charge in [-0.15, -0.1) is 0 Å². The molecule has 0 N–H and O–H groups in total. The van der Waals surface area contributed by atoms with Gasteiger partial charge in [-0.1, -0.05) is 32.1 Å². The first-order valence-electron chi connectivity index (χ1n) is 8.74. The molecule has 3 heterocycles. The van der Waals surface area contributed by atoms with Crippen molar-refractivity contribution in [2.24, 2.45) is 5.92 Å². The molecule has 116 valence electrons. The minimum Gasteiger partial charge on any atom is -0.354 e. The Hall–Kier alpha value is -1.71. The first kappa shape index (κ1) is 13.9. The normalized spacial score (nSPS) is 23.3. The largest absolute Gasteiger partial charge is 0.354 e. The molecule has 2 aromatic heterocycles. The molecule has 1 saturated carbocycles. The molecule has 2 aromatic rings. The summed E-state index contributed by atoms with van der Waals surface area (Å²) in [6.45, 7) is 1.14. The van der Waals surface area contributed by atoms with Crippen LogP contribution in [0.4, 0.5) is 5.82 Å². The molecule has 1 aliphatic heterocycles. The summed E-state index contributed by atoms with van der Waals surface area (Å²) in [4.78, 5) is 15.9. The summed E-state index contributed by atoms with van der Waals surface area (Å²) in [7, 11) is 0. The lowest BCUT2D eigenvalue weighted by Gasteiger charge is -2.30. The summed E-state index contributed by atoms with van der Waals surface area (Å²) in [6.07, 6.45) is 14.6. The summed E-state index contributed by atoms with van der Waals surface area (Å²) < 4.78 is 0. The van der Waals surface area contributed by atoms with Gasteiger partial charge in [0.15, 0.2) is 5.65 Å². The molecule has 0 amide bonds. The zero-order chi connectivity index (χ0) is 14.8. The molecule has 0 aromatic carbocycles. The fraction of sp³-hybridized carbons (Fsp3) is 0.611. The Labute approximate surface area is 132 Å². The van der Waals surface area contributed by atoms with Crippen LogP contribution in [0.5, 0.6) is 0 Å². The third-order valence-corrected chi connectivity index (χ3v) is 5.32. The van der Waals surface area contributed by atoms with Crippen molar-refractivity contribution in [3.63, 3.8) is 0 Å². The molecule has 1 saturated heterocycles. The van der Waals surface area contributed by atoms with Crippen LogP contribution >= 0.6 is 0 Å². The highest BCUT2D eigenvalue weighted by Gasteiger charge is 2.28. The first-order chi connectivity index (χ1) is 10.9. The number of anilines is 1. The second kappa shape index (κ2) is 6.19. The predicted octanol–water partition coefficient (Wildman–Crippen LogP) is 3.96. The van der Waals surface area contributed by atoms with Gasteiger partial charge in [-0.25, -0.2) is 9.97 Å². The molecule has 4 rings (SSSR count). The van der Waals surface area contributed by atoms with Crippen LogP contribution in [0.1, 0.15) is 51.4 Å². The van der Waals surface area contributed by atoms with E-state index in [2.05, 4.69) is 27.0 Å². The monoisotopic (exact) mass is 296 g/mol.